The summed E-state index contributed by atoms with van der Waals surface area (Å²) in [6.45, 7) is 1.44. The van der Waals surface area contributed by atoms with Crippen LogP contribution in [0.3, 0.4) is 0 Å². The van der Waals surface area contributed by atoms with Crippen molar-refractivity contribution in [2.24, 2.45) is 0 Å². The summed E-state index contributed by atoms with van der Waals surface area (Å²) in [5.74, 6) is -0.784. The zero-order valence-electron chi connectivity index (χ0n) is 16.0. The summed E-state index contributed by atoms with van der Waals surface area (Å²) in [6.07, 6.45) is -1.07. The first-order valence-electron chi connectivity index (χ1n) is 8.34. The Kier molecular flexibility index (Phi) is 6.76. The number of rotatable bonds is 7. The van der Waals surface area contributed by atoms with Crippen LogP contribution in [0.5, 0.6) is 5.75 Å². The summed E-state index contributed by atoms with van der Waals surface area (Å²) >= 11 is 0. The first-order valence-corrected chi connectivity index (χ1v) is 9.78. The molecule has 150 valence electrons. The lowest BCUT2D eigenvalue weighted by Gasteiger charge is -2.15. The summed E-state index contributed by atoms with van der Waals surface area (Å²) < 4.78 is 35.5. The number of carbonyl (C=O) groups excluding carboxylic acids is 2. The molecule has 0 fully saturated rings. The second-order valence-corrected chi connectivity index (χ2v) is 8.20. The zero-order chi connectivity index (χ0) is 20.9. The smallest absolute Gasteiger partial charge is 0.338 e. The van der Waals surface area contributed by atoms with Crippen LogP contribution in [-0.2, 0) is 19.6 Å². The maximum atomic E-state index is 12.3. The number of hydrogen-bond acceptors (Lipinski definition) is 6. The van der Waals surface area contributed by atoms with Crippen molar-refractivity contribution in [3.8, 4) is 5.75 Å². The van der Waals surface area contributed by atoms with Crippen molar-refractivity contribution in [3.05, 3.63) is 54.1 Å². The van der Waals surface area contributed by atoms with E-state index in [0.717, 1.165) is 4.31 Å². The van der Waals surface area contributed by atoms with E-state index in [0.29, 0.717) is 11.4 Å². The highest BCUT2D eigenvalue weighted by atomic mass is 32.2. The fourth-order valence-corrected chi connectivity index (χ4v) is 3.14. The highest BCUT2D eigenvalue weighted by Gasteiger charge is 2.21. The normalized spacial score (nSPS) is 12.3. The standard InChI is InChI=1S/C19H22N2O6S/c1-13(18(22)20-16-7-5-6-8-17(16)26-4)27-19(23)14-9-11-15(12-10-14)28(24,25)21(2)3/h5-13H,1-4H3,(H,20,22)/t13-/m0/s1. The molecule has 0 aromatic heterocycles. The molecule has 0 heterocycles. The lowest BCUT2D eigenvalue weighted by Crippen LogP contribution is -2.30. The van der Waals surface area contributed by atoms with Crippen molar-refractivity contribution in [2.75, 3.05) is 26.5 Å². The van der Waals surface area contributed by atoms with Gasteiger partial charge in [0.05, 0.1) is 23.3 Å². The first kappa shape index (κ1) is 21.4. The van der Waals surface area contributed by atoms with E-state index in [9.17, 15) is 18.0 Å². The maximum absolute atomic E-state index is 12.3. The fourth-order valence-electron chi connectivity index (χ4n) is 2.24. The number of para-hydroxylation sites is 2. The Labute approximate surface area is 164 Å². The Hall–Kier alpha value is -2.91. The third-order valence-electron chi connectivity index (χ3n) is 3.89. The third kappa shape index (κ3) is 4.87. The van der Waals surface area contributed by atoms with E-state index in [1.165, 1.54) is 52.4 Å². The molecule has 9 heteroatoms. The van der Waals surface area contributed by atoms with Crippen molar-refractivity contribution in [3.63, 3.8) is 0 Å². The molecule has 0 aliphatic carbocycles. The summed E-state index contributed by atoms with van der Waals surface area (Å²) in [5.41, 5.74) is 0.589. The Balaban J connectivity index is 2.04. The van der Waals surface area contributed by atoms with Crippen LogP contribution in [0.25, 0.3) is 0 Å². The quantitative estimate of drug-likeness (QED) is 0.707. The minimum atomic E-state index is -3.59. The summed E-state index contributed by atoms with van der Waals surface area (Å²) in [6, 6.07) is 12.1. The highest BCUT2D eigenvalue weighted by molar-refractivity contribution is 7.89. The second-order valence-electron chi connectivity index (χ2n) is 6.05. The van der Waals surface area contributed by atoms with Crippen molar-refractivity contribution in [2.45, 2.75) is 17.9 Å². The van der Waals surface area contributed by atoms with Gasteiger partial charge in [-0.15, -0.1) is 0 Å². The topological polar surface area (TPSA) is 102 Å². The van der Waals surface area contributed by atoms with Crippen molar-refractivity contribution < 1.29 is 27.5 Å². The Bertz CT molecular complexity index is 955. The fraction of sp³-hybridized carbons (Fsp3) is 0.263. The molecule has 2 aromatic carbocycles. The van der Waals surface area contributed by atoms with Gasteiger partial charge >= 0.3 is 5.97 Å². The van der Waals surface area contributed by atoms with Crippen molar-refractivity contribution >= 4 is 27.6 Å². The maximum Gasteiger partial charge on any atom is 0.338 e. The van der Waals surface area contributed by atoms with Crippen LogP contribution in [-0.4, -0.2) is 51.9 Å². The number of anilines is 1. The molecule has 0 bridgehead atoms. The van der Waals surface area contributed by atoms with E-state index in [2.05, 4.69) is 5.32 Å². The summed E-state index contributed by atoms with van der Waals surface area (Å²) in [4.78, 5) is 24.6. The number of methoxy groups -OCH3 is 1. The summed E-state index contributed by atoms with van der Waals surface area (Å²) in [7, 11) is 0.721. The van der Waals surface area contributed by atoms with Crippen LogP contribution in [0, 0.1) is 0 Å². The molecular weight excluding hydrogens is 384 g/mol. The average molecular weight is 406 g/mol. The predicted molar refractivity (Wildman–Crippen MR) is 104 cm³/mol. The lowest BCUT2D eigenvalue weighted by molar-refractivity contribution is -0.123. The van der Waals surface area contributed by atoms with Crippen LogP contribution in [0.4, 0.5) is 5.69 Å². The van der Waals surface area contributed by atoms with Crippen molar-refractivity contribution in [1.82, 2.24) is 4.31 Å². The van der Waals surface area contributed by atoms with Crippen LogP contribution >= 0.6 is 0 Å². The molecule has 28 heavy (non-hydrogen) atoms. The molecule has 0 saturated heterocycles. The Morgan fingerprint density at radius 3 is 2.21 bits per heavy atom. The van der Waals surface area contributed by atoms with Gasteiger partial charge in [-0.3, -0.25) is 4.79 Å². The number of hydrogen-bond donors (Lipinski definition) is 1. The number of benzene rings is 2. The molecule has 1 amide bonds. The number of esters is 1. The monoisotopic (exact) mass is 406 g/mol. The van der Waals surface area contributed by atoms with Gasteiger partial charge in [0.25, 0.3) is 5.91 Å². The SMILES string of the molecule is COc1ccccc1NC(=O)[C@H](C)OC(=O)c1ccc(S(=O)(=O)N(C)C)cc1. The van der Waals surface area contributed by atoms with Gasteiger partial charge in [0, 0.05) is 14.1 Å². The van der Waals surface area contributed by atoms with E-state index >= 15 is 0 Å². The van der Waals surface area contributed by atoms with Gasteiger partial charge in [0.1, 0.15) is 5.75 Å². The summed E-state index contributed by atoms with van der Waals surface area (Å²) in [5, 5.41) is 2.63. The van der Waals surface area contributed by atoms with Crippen LogP contribution < -0.4 is 10.1 Å². The molecule has 1 N–H and O–H groups in total. The van der Waals surface area contributed by atoms with Gasteiger partial charge in [-0.25, -0.2) is 17.5 Å². The molecule has 0 aliphatic rings. The highest BCUT2D eigenvalue weighted by Crippen LogP contribution is 2.23. The molecule has 0 saturated carbocycles. The van der Waals surface area contributed by atoms with Gasteiger partial charge in [0.15, 0.2) is 6.10 Å². The molecule has 0 aliphatic heterocycles. The van der Waals surface area contributed by atoms with E-state index in [4.69, 9.17) is 9.47 Å². The van der Waals surface area contributed by atoms with Crippen LogP contribution in [0.1, 0.15) is 17.3 Å². The molecule has 0 spiro atoms. The number of carbonyl (C=O) groups is 2. The van der Waals surface area contributed by atoms with Gasteiger partial charge in [-0.05, 0) is 43.3 Å². The molecule has 0 unspecified atom stereocenters. The second kappa shape index (κ2) is 8.85. The van der Waals surface area contributed by atoms with Crippen LogP contribution in [0.15, 0.2) is 53.4 Å². The molecule has 0 radical (unpaired) electrons. The number of amides is 1. The first-order chi connectivity index (χ1) is 13.2. The molecule has 1 atom stereocenters. The number of sulfonamides is 1. The number of nitrogens with one attached hydrogen (secondary N) is 1. The zero-order valence-corrected chi connectivity index (χ0v) is 16.8. The molecule has 8 nitrogen and oxygen atoms in total. The van der Waals surface area contributed by atoms with E-state index in [-0.39, 0.29) is 10.5 Å². The Morgan fingerprint density at radius 2 is 1.64 bits per heavy atom. The van der Waals surface area contributed by atoms with Gasteiger partial charge in [-0.2, -0.15) is 0 Å². The van der Waals surface area contributed by atoms with Gasteiger partial charge < -0.3 is 14.8 Å². The number of ether oxygens (including phenoxy) is 2. The van der Waals surface area contributed by atoms with Crippen LogP contribution in [0.2, 0.25) is 0 Å². The average Bonchev–Trinajstić information content (AvgIpc) is 2.68. The minimum absolute atomic E-state index is 0.0519. The minimum Gasteiger partial charge on any atom is -0.495 e. The largest absolute Gasteiger partial charge is 0.495 e. The number of nitrogens with zero attached hydrogens (tertiary/aromatic N) is 1. The molecular formula is C19H22N2O6S. The van der Waals surface area contributed by atoms with Gasteiger partial charge in [-0.1, -0.05) is 12.1 Å². The predicted octanol–water partition coefficient (Wildman–Crippen LogP) is 2.13. The van der Waals surface area contributed by atoms with Gasteiger partial charge in [0.2, 0.25) is 10.0 Å². The Morgan fingerprint density at radius 1 is 1.04 bits per heavy atom. The molecule has 2 aromatic rings. The van der Waals surface area contributed by atoms with E-state index in [1.807, 2.05) is 0 Å². The van der Waals surface area contributed by atoms with Crippen molar-refractivity contribution in [1.29, 1.82) is 0 Å². The van der Waals surface area contributed by atoms with E-state index < -0.39 is 28.0 Å². The third-order valence-corrected chi connectivity index (χ3v) is 5.72. The lowest BCUT2D eigenvalue weighted by atomic mass is 10.2. The molecule has 2 rings (SSSR count). The van der Waals surface area contributed by atoms with E-state index in [1.54, 1.807) is 24.3 Å².